The van der Waals surface area contributed by atoms with Crippen LogP contribution in [0.2, 0.25) is 0 Å². The summed E-state index contributed by atoms with van der Waals surface area (Å²) in [5.41, 5.74) is 2.01. The van der Waals surface area contributed by atoms with Crippen LogP contribution in [0.25, 0.3) is 0 Å². The van der Waals surface area contributed by atoms with Gasteiger partial charge in [-0.05, 0) is 48.6 Å². The number of fused-ring (bicyclic) bond motifs is 1. The smallest absolute Gasteiger partial charge is 0.227 e. The number of pyridine rings is 1. The molecule has 0 atom stereocenters. The predicted octanol–water partition coefficient (Wildman–Crippen LogP) is 4.36. The quantitative estimate of drug-likeness (QED) is 0.477. The average Bonchev–Trinajstić information content (AvgIpc) is 2.99. The summed E-state index contributed by atoms with van der Waals surface area (Å²) >= 11 is 0. The van der Waals surface area contributed by atoms with E-state index < -0.39 is 0 Å². The molecule has 2 amide bonds. The van der Waals surface area contributed by atoms with Crippen LogP contribution in [0.15, 0.2) is 48.7 Å². The summed E-state index contributed by atoms with van der Waals surface area (Å²) in [7, 11) is 0. The van der Waals surface area contributed by atoms with Crippen LogP contribution in [0.3, 0.4) is 0 Å². The van der Waals surface area contributed by atoms with Crippen molar-refractivity contribution < 1.29 is 9.59 Å². The van der Waals surface area contributed by atoms with Gasteiger partial charge in [-0.15, -0.1) is 0 Å². The van der Waals surface area contributed by atoms with Crippen LogP contribution in [-0.2, 0) is 16.1 Å². The van der Waals surface area contributed by atoms with E-state index in [0.717, 1.165) is 75.8 Å². The molecule has 2 aliphatic rings. The van der Waals surface area contributed by atoms with Crippen molar-refractivity contribution in [3.05, 3.63) is 54.2 Å². The second-order valence-electron chi connectivity index (χ2n) is 12.4. The van der Waals surface area contributed by atoms with Gasteiger partial charge in [-0.3, -0.25) is 14.5 Å². The lowest BCUT2D eigenvalue weighted by Gasteiger charge is -2.35. The van der Waals surface area contributed by atoms with Gasteiger partial charge in [0.15, 0.2) is 0 Å². The molecule has 1 fully saturated rings. The number of aromatic nitrogens is 1. The van der Waals surface area contributed by atoms with E-state index >= 15 is 0 Å². The first-order valence-corrected chi connectivity index (χ1v) is 15.6. The molecule has 2 aliphatic heterocycles. The maximum absolute atomic E-state index is 13.8. The Balaban J connectivity index is 1.45. The molecule has 1 aromatic heterocycles. The van der Waals surface area contributed by atoms with Crippen molar-refractivity contribution in [2.24, 2.45) is 11.8 Å². The van der Waals surface area contributed by atoms with Gasteiger partial charge in [0.05, 0.1) is 0 Å². The van der Waals surface area contributed by atoms with Crippen LogP contribution < -0.4 is 9.80 Å². The number of carbonyl (C=O) groups is 2. The molecule has 8 nitrogen and oxygen atoms in total. The van der Waals surface area contributed by atoms with Gasteiger partial charge in [0.1, 0.15) is 5.82 Å². The topological polar surface area (TPSA) is 63.2 Å². The summed E-state index contributed by atoms with van der Waals surface area (Å²) in [6.07, 6.45) is 3.80. The molecule has 1 aromatic carbocycles. The third kappa shape index (κ3) is 9.27. The van der Waals surface area contributed by atoms with Crippen molar-refractivity contribution >= 4 is 23.3 Å². The number of hydrogen-bond acceptors (Lipinski definition) is 6. The highest BCUT2D eigenvalue weighted by Crippen LogP contribution is 2.25. The first-order chi connectivity index (χ1) is 19.8. The van der Waals surface area contributed by atoms with Crippen molar-refractivity contribution in [1.82, 2.24) is 19.7 Å². The van der Waals surface area contributed by atoms with Gasteiger partial charge in [-0.1, -0.05) is 52.0 Å². The summed E-state index contributed by atoms with van der Waals surface area (Å²) in [5, 5.41) is 0. The van der Waals surface area contributed by atoms with E-state index in [-0.39, 0.29) is 11.8 Å². The molecule has 8 heteroatoms. The molecule has 0 unspecified atom stereocenters. The van der Waals surface area contributed by atoms with Crippen LogP contribution in [0.4, 0.5) is 11.5 Å². The second kappa shape index (κ2) is 15.3. The molecule has 2 aromatic rings. The second-order valence-corrected chi connectivity index (χ2v) is 12.4. The number of carbonyl (C=O) groups excluding carboxylic acids is 2. The van der Waals surface area contributed by atoms with E-state index in [2.05, 4.69) is 65.6 Å². The molecule has 0 aliphatic carbocycles. The zero-order valence-corrected chi connectivity index (χ0v) is 25.7. The Morgan fingerprint density at radius 3 is 2.22 bits per heavy atom. The zero-order valence-electron chi connectivity index (χ0n) is 25.7. The van der Waals surface area contributed by atoms with Crippen LogP contribution in [-0.4, -0.2) is 96.9 Å². The highest BCUT2D eigenvalue weighted by Gasteiger charge is 2.25. The van der Waals surface area contributed by atoms with E-state index in [4.69, 9.17) is 0 Å². The Kier molecular flexibility index (Phi) is 11.6. The predicted molar refractivity (Wildman–Crippen MR) is 167 cm³/mol. The Morgan fingerprint density at radius 2 is 1.51 bits per heavy atom. The lowest BCUT2D eigenvalue weighted by molar-refractivity contribution is -0.132. The van der Waals surface area contributed by atoms with E-state index in [1.165, 1.54) is 0 Å². The molecular formula is C33H50N6O2. The van der Waals surface area contributed by atoms with E-state index in [9.17, 15) is 9.59 Å². The van der Waals surface area contributed by atoms with E-state index in [1.807, 2.05) is 40.3 Å². The number of anilines is 2. The molecule has 0 N–H and O–H groups in total. The van der Waals surface area contributed by atoms with Gasteiger partial charge < -0.3 is 19.6 Å². The number of para-hydroxylation sites is 1. The van der Waals surface area contributed by atoms with Crippen LogP contribution in [0, 0.1) is 11.8 Å². The molecule has 41 heavy (non-hydrogen) atoms. The van der Waals surface area contributed by atoms with E-state index in [0.29, 0.717) is 44.3 Å². The lowest BCUT2D eigenvalue weighted by atomic mass is 10.1. The van der Waals surface area contributed by atoms with Crippen LogP contribution >= 0.6 is 0 Å². The van der Waals surface area contributed by atoms with Crippen molar-refractivity contribution in [1.29, 1.82) is 0 Å². The Labute approximate surface area is 247 Å². The van der Waals surface area contributed by atoms with Crippen LogP contribution in [0.5, 0.6) is 0 Å². The minimum atomic E-state index is 0.171. The van der Waals surface area contributed by atoms with Gasteiger partial charge in [0.2, 0.25) is 11.8 Å². The number of amides is 2. The average molecular weight is 563 g/mol. The molecule has 0 radical (unpaired) electrons. The monoisotopic (exact) mass is 562 g/mol. The molecular weight excluding hydrogens is 512 g/mol. The van der Waals surface area contributed by atoms with Gasteiger partial charge in [0.25, 0.3) is 0 Å². The zero-order chi connectivity index (χ0) is 29.2. The van der Waals surface area contributed by atoms with Crippen molar-refractivity contribution in [3.8, 4) is 0 Å². The van der Waals surface area contributed by atoms with Crippen molar-refractivity contribution in [2.75, 3.05) is 75.2 Å². The normalized spacial score (nSPS) is 18.0. The molecule has 224 valence electrons. The largest absolute Gasteiger partial charge is 0.354 e. The molecule has 3 heterocycles. The van der Waals surface area contributed by atoms with Gasteiger partial charge in [-0.25, -0.2) is 4.98 Å². The molecule has 0 spiro atoms. The fraction of sp³-hybridized carbons (Fsp3) is 0.606. The minimum absolute atomic E-state index is 0.171. The van der Waals surface area contributed by atoms with Crippen molar-refractivity contribution in [3.63, 3.8) is 0 Å². The lowest BCUT2D eigenvalue weighted by Crippen LogP contribution is -2.48. The third-order valence-electron chi connectivity index (χ3n) is 8.03. The Hall–Kier alpha value is -2.97. The van der Waals surface area contributed by atoms with Gasteiger partial charge in [-0.2, -0.15) is 0 Å². The van der Waals surface area contributed by atoms with E-state index in [1.54, 1.807) is 0 Å². The minimum Gasteiger partial charge on any atom is -0.354 e. The first kappa shape index (κ1) is 31.0. The standard InChI is InChI=1S/C33H50N6O2/c1-27(2)24-33(41)39-16-9-15-36(25-28(3)4)20-23-38(26-29-10-5-6-11-30(29)39)32(40)13-17-35-18-21-37(22-19-35)31-12-7-8-14-34-31/h5-8,10-12,14,27-28H,9,13,15-26H2,1-4H3. The third-order valence-corrected chi connectivity index (χ3v) is 8.03. The summed E-state index contributed by atoms with van der Waals surface area (Å²) in [5.74, 6) is 2.23. The highest BCUT2D eigenvalue weighted by atomic mass is 16.2. The molecule has 0 bridgehead atoms. The number of piperazine rings is 1. The summed E-state index contributed by atoms with van der Waals surface area (Å²) < 4.78 is 0. The summed E-state index contributed by atoms with van der Waals surface area (Å²) in [6, 6.07) is 14.2. The molecule has 0 saturated carbocycles. The Bertz CT molecular complexity index is 1100. The summed E-state index contributed by atoms with van der Waals surface area (Å²) in [6.45, 7) is 17.9. The number of nitrogens with zero attached hydrogens (tertiary/aromatic N) is 6. The fourth-order valence-corrected chi connectivity index (χ4v) is 5.92. The summed E-state index contributed by atoms with van der Waals surface area (Å²) in [4.78, 5) is 42.9. The first-order valence-electron chi connectivity index (χ1n) is 15.6. The molecule has 4 rings (SSSR count). The van der Waals surface area contributed by atoms with Gasteiger partial charge in [0, 0.05) is 90.2 Å². The molecule has 1 saturated heterocycles. The van der Waals surface area contributed by atoms with Crippen LogP contribution in [0.1, 0.15) is 52.5 Å². The SMILES string of the molecule is CC(C)CC(=O)N1CCCN(CC(C)C)CCN(C(=O)CCN2CCN(c3ccccn3)CC2)Cc2ccccc21. The van der Waals surface area contributed by atoms with Gasteiger partial charge >= 0.3 is 0 Å². The number of hydrogen-bond donors (Lipinski definition) is 0. The maximum Gasteiger partial charge on any atom is 0.227 e. The van der Waals surface area contributed by atoms with Crippen molar-refractivity contribution in [2.45, 2.75) is 53.5 Å². The maximum atomic E-state index is 13.8. The number of rotatable bonds is 8. The highest BCUT2D eigenvalue weighted by molar-refractivity contribution is 5.94. The fourth-order valence-electron chi connectivity index (χ4n) is 5.92. The number of benzene rings is 1. The Morgan fingerprint density at radius 1 is 0.780 bits per heavy atom.